The topological polar surface area (TPSA) is 116 Å². The van der Waals surface area contributed by atoms with Crippen molar-refractivity contribution in [3.63, 3.8) is 0 Å². The monoisotopic (exact) mass is 459 g/mol. The lowest BCUT2D eigenvalue weighted by molar-refractivity contribution is 0.0845. The van der Waals surface area contributed by atoms with Crippen LogP contribution in [0.4, 0.5) is 5.69 Å². The number of aromatic hydroxyl groups is 1. The summed E-state index contributed by atoms with van der Waals surface area (Å²) in [7, 11) is -2.60. The zero-order valence-corrected chi connectivity index (χ0v) is 17.8. The Kier molecular flexibility index (Phi) is 6.47. The molecule has 3 rings (SSSR count). The first kappa shape index (κ1) is 22.1. The van der Waals surface area contributed by atoms with Crippen LogP contribution in [0.15, 0.2) is 77.7 Å². The van der Waals surface area contributed by atoms with Gasteiger partial charge in [-0.05, 0) is 48.5 Å². The molecule has 0 aromatic heterocycles. The smallest absolute Gasteiger partial charge is 0.273 e. The van der Waals surface area contributed by atoms with Crippen molar-refractivity contribution in [3.8, 4) is 5.75 Å². The number of benzene rings is 3. The number of carbonyl (C=O) groups is 2. The van der Waals surface area contributed by atoms with Crippen LogP contribution < -0.4 is 15.2 Å². The van der Waals surface area contributed by atoms with Gasteiger partial charge in [0, 0.05) is 17.6 Å². The third-order valence-electron chi connectivity index (χ3n) is 4.36. The molecule has 0 aliphatic rings. The molecular formula is C21H18ClN3O5S. The van der Waals surface area contributed by atoms with Crippen LogP contribution in [-0.2, 0) is 10.0 Å². The largest absolute Gasteiger partial charge is 0.507 e. The first-order chi connectivity index (χ1) is 14.7. The van der Waals surface area contributed by atoms with Crippen LogP contribution in [0.5, 0.6) is 5.75 Å². The number of hydrazine groups is 1. The number of rotatable bonds is 5. The number of sulfonamides is 1. The molecule has 3 aromatic rings. The van der Waals surface area contributed by atoms with Crippen LogP contribution in [-0.4, -0.2) is 32.4 Å². The Morgan fingerprint density at radius 3 is 2.29 bits per heavy atom. The zero-order chi connectivity index (χ0) is 22.6. The number of nitrogens with one attached hydrogen (secondary N) is 2. The number of anilines is 1. The van der Waals surface area contributed by atoms with Gasteiger partial charge in [0.1, 0.15) is 5.75 Å². The molecular weight excluding hydrogens is 442 g/mol. The van der Waals surface area contributed by atoms with Crippen molar-refractivity contribution in [2.75, 3.05) is 11.4 Å². The van der Waals surface area contributed by atoms with Crippen molar-refractivity contribution in [2.45, 2.75) is 4.90 Å². The molecule has 0 spiro atoms. The summed E-state index contributed by atoms with van der Waals surface area (Å²) < 4.78 is 27.0. The lowest BCUT2D eigenvalue weighted by Crippen LogP contribution is -2.41. The summed E-state index contributed by atoms with van der Waals surface area (Å²) in [6.07, 6.45) is 0. The van der Waals surface area contributed by atoms with Crippen LogP contribution in [0.1, 0.15) is 20.7 Å². The van der Waals surface area contributed by atoms with Gasteiger partial charge >= 0.3 is 0 Å². The van der Waals surface area contributed by atoms with Gasteiger partial charge in [-0.2, -0.15) is 0 Å². The Morgan fingerprint density at radius 1 is 0.903 bits per heavy atom. The second-order valence-electron chi connectivity index (χ2n) is 6.41. The molecule has 0 heterocycles. The average molecular weight is 460 g/mol. The highest BCUT2D eigenvalue weighted by Gasteiger charge is 2.23. The van der Waals surface area contributed by atoms with E-state index >= 15 is 0 Å². The van der Waals surface area contributed by atoms with E-state index in [4.69, 9.17) is 11.6 Å². The molecule has 10 heteroatoms. The molecule has 3 aromatic carbocycles. The molecule has 0 atom stereocenters. The second-order valence-corrected chi connectivity index (χ2v) is 8.81. The summed E-state index contributed by atoms with van der Waals surface area (Å²) in [6.45, 7) is 0. The molecule has 160 valence electrons. The van der Waals surface area contributed by atoms with Crippen LogP contribution in [0.2, 0.25) is 5.02 Å². The number of para-hydroxylation sites is 1. The molecule has 0 fully saturated rings. The van der Waals surface area contributed by atoms with Crippen molar-refractivity contribution >= 4 is 39.1 Å². The van der Waals surface area contributed by atoms with Crippen LogP contribution in [0.3, 0.4) is 0 Å². The van der Waals surface area contributed by atoms with Crippen molar-refractivity contribution in [1.29, 1.82) is 0 Å². The maximum Gasteiger partial charge on any atom is 0.273 e. The van der Waals surface area contributed by atoms with Gasteiger partial charge in [0.25, 0.3) is 21.8 Å². The number of carbonyl (C=O) groups excluding carboxylic acids is 2. The van der Waals surface area contributed by atoms with Gasteiger partial charge in [0.15, 0.2) is 0 Å². The minimum Gasteiger partial charge on any atom is -0.507 e. The minimum absolute atomic E-state index is 0.0122. The highest BCUT2D eigenvalue weighted by molar-refractivity contribution is 7.92. The highest BCUT2D eigenvalue weighted by atomic mass is 35.5. The first-order valence-electron chi connectivity index (χ1n) is 8.93. The molecule has 0 saturated carbocycles. The van der Waals surface area contributed by atoms with E-state index in [2.05, 4.69) is 10.9 Å². The number of amides is 2. The number of phenolic OH excluding ortho intramolecular Hbond substituents is 1. The molecule has 0 aliphatic carbocycles. The molecule has 0 unspecified atom stereocenters. The van der Waals surface area contributed by atoms with Gasteiger partial charge in [-0.3, -0.25) is 24.7 Å². The molecule has 31 heavy (non-hydrogen) atoms. The highest BCUT2D eigenvalue weighted by Crippen LogP contribution is 2.25. The fourth-order valence-corrected chi connectivity index (χ4v) is 4.10. The molecule has 0 bridgehead atoms. The van der Waals surface area contributed by atoms with E-state index in [9.17, 15) is 23.1 Å². The Hall–Kier alpha value is -3.56. The van der Waals surface area contributed by atoms with Crippen molar-refractivity contribution in [3.05, 3.63) is 88.9 Å². The predicted octanol–water partition coefficient (Wildman–Crippen LogP) is 2.95. The van der Waals surface area contributed by atoms with Gasteiger partial charge in [-0.15, -0.1) is 0 Å². The summed E-state index contributed by atoms with van der Waals surface area (Å²) in [5, 5.41) is 10.1. The quantitative estimate of drug-likeness (QED) is 0.507. The van der Waals surface area contributed by atoms with Crippen LogP contribution in [0, 0.1) is 0 Å². The van der Waals surface area contributed by atoms with E-state index in [0.29, 0.717) is 10.7 Å². The first-order valence-corrected chi connectivity index (χ1v) is 10.7. The van der Waals surface area contributed by atoms with E-state index in [1.165, 1.54) is 49.5 Å². The van der Waals surface area contributed by atoms with Gasteiger partial charge in [0.05, 0.1) is 16.1 Å². The van der Waals surface area contributed by atoms with Gasteiger partial charge in [-0.25, -0.2) is 8.42 Å². The maximum absolute atomic E-state index is 13.0. The Balaban J connectivity index is 1.77. The van der Waals surface area contributed by atoms with Gasteiger partial charge in [-0.1, -0.05) is 35.9 Å². The summed E-state index contributed by atoms with van der Waals surface area (Å²) in [6, 6.07) is 17.5. The number of nitrogens with zero attached hydrogens (tertiary/aromatic N) is 1. The summed E-state index contributed by atoms with van der Waals surface area (Å²) in [5.41, 5.74) is 4.72. The number of halogens is 1. The number of phenols is 1. The minimum atomic E-state index is -3.97. The second kappa shape index (κ2) is 9.07. The zero-order valence-electron chi connectivity index (χ0n) is 16.2. The van der Waals surface area contributed by atoms with E-state index in [1.807, 2.05) is 0 Å². The molecule has 8 nitrogen and oxygen atoms in total. The van der Waals surface area contributed by atoms with Crippen molar-refractivity contribution < 1.29 is 23.1 Å². The van der Waals surface area contributed by atoms with E-state index in [0.717, 1.165) is 4.31 Å². The summed E-state index contributed by atoms with van der Waals surface area (Å²) in [5.74, 6) is -1.70. The Labute approximate surface area is 184 Å². The lowest BCUT2D eigenvalue weighted by atomic mass is 10.2. The predicted molar refractivity (Wildman–Crippen MR) is 117 cm³/mol. The molecule has 2 amide bonds. The summed E-state index contributed by atoms with van der Waals surface area (Å²) in [4.78, 5) is 24.4. The molecule has 0 saturated heterocycles. The molecule has 3 N–H and O–H groups in total. The fraction of sp³-hybridized carbons (Fsp3) is 0.0476. The summed E-state index contributed by atoms with van der Waals surface area (Å²) >= 11 is 5.94. The number of hydrogen-bond acceptors (Lipinski definition) is 5. The standard InChI is InChI=1S/C21H18ClN3O5S/c1-25(16-8-5-7-15(22)13-16)31(29,30)17-9-4-6-14(12-17)20(27)23-24-21(28)18-10-2-3-11-19(18)26/h2-13,26H,1H3,(H,23,27)(H,24,28). The molecule has 0 radical (unpaired) electrons. The third-order valence-corrected chi connectivity index (χ3v) is 6.38. The fourth-order valence-electron chi connectivity index (χ4n) is 2.69. The van der Waals surface area contributed by atoms with E-state index < -0.39 is 21.8 Å². The van der Waals surface area contributed by atoms with Crippen molar-refractivity contribution in [1.82, 2.24) is 10.9 Å². The maximum atomic E-state index is 13.0. The third kappa shape index (κ3) is 4.96. The van der Waals surface area contributed by atoms with E-state index in [1.54, 1.807) is 30.3 Å². The molecule has 0 aliphatic heterocycles. The van der Waals surface area contributed by atoms with Gasteiger partial charge in [0.2, 0.25) is 0 Å². The van der Waals surface area contributed by atoms with E-state index in [-0.39, 0.29) is 21.8 Å². The SMILES string of the molecule is CN(c1cccc(Cl)c1)S(=O)(=O)c1cccc(C(=O)NNC(=O)c2ccccc2O)c1. The normalized spacial score (nSPS) is 10.9. The van der Waals surface area contributed by atoms with Crippen LogP contribution in [0.25, 0.3) is 0 Å². The number of hydrogen-bond donors (Lipinski definition) is 3. The van der Waals surface area contributed by atoms with Gasteiger partial charge < -0.3 is 5.11 Å². The lowest BCUT2D eigenvalue weighted by Gasteiger charge is -2.20. The Bertz CT molecular complexity index is 1250. The van der Waals surface area contributed by atoms with Crippen molar-refractivity contribution in [2.24, 2.45) is 0 Å². The van der Waals surface area contributed by atoms with Crippen LogP contribution >= 0.6 is 11.6 Å². The average Bonchev–Trinajstić information content (AvgIpc) is 2.77. The Morgan fingerprint density at radius 2 is 1.58 bits per heavy atom.